The molecule has 3 aromatic carbocycles. The Balaban J connectivity index is 1.38. The molecule has 7 heteroatoms. The van der Waals surface area contributed by atoms with Crippen molar-refractivity contribution >= 4 is 17.5 Å². The zero-order chi connectivity index (χ0) is 26.5. The van der Waals surface area contributed by atoms with E-state index in [1.54, 1.807) is 19.1 Å². The second-order valence-corrected chi connectivity index (χ2v) is 9.91. The van der Waals surface area contributed by atoms with E-state index in [-0.39, 0.29) is 17.7 Å². The fourth-order valence-corrected chi connectivity index (χ4v) is 5.58. The van der Waals surface area contributed by atoms with Gasteiger partial charge in [-0.3, -0.25) is 14.5 Å². The van der Waals surface area contributed by atoms with Crippen LogP contribution < -0.4 is 14.4 Å². The molecule has 2 amide bonds. The van der Waals surface area contributed by atoms with Gasteiger partial charge in [0.1, 0.15) is 11.5 Å². The summed E-state index contributed by atoms with van der Waals surface area (Å²) < 4.78 is 10.7. The Kier molecular flexibility index (Phi) is 7.94. The van der Waals surface area contributed by atoms with Crippen LogP contribution in [-0.4, -0.2) is 62.0 Å². The molecule has 0 aromatic heterocycles. The van der Waals surface area contributed by atoms with Crippen LogP contribution in [0.4, 0.5) is 5.69 Å². The van der Waals surface area contributed by atoms with Crippen LogP contribution in [0.15, 0.2) is 78.9 Å². The molecule has 3 aromatic rings. The summed E-state index contributed by atoms with van der Waals surface area (Å²) >= 11 is 0. The topological polar surface area (TPSA) is 62.3 Å². The number of nitrogens with zero attached hydrogens (tertiary/aromatic N) is 3. The lowest BCUT2D eigenvalue weighted by Crippen LogP contribution is -2.54. The highest BCUT2D eigenvalue weighted by Gasteiger charge is 2.43. The Morgan fingerprint density at radius 3 is 2.03 bits per heavy atom. The predicted molar refractivity (Wildman–Crippen MR) is 147 cm³/mol. The highest BCUT2D eigenvalue weighted by molar-refractivity contribution is 5.97. The molecule has 0 aliphatic carbocycles. The van der Waals surface area contributed by atoms with Gasteiger partial charge in [-0.05, 0) is 53.9 Å². The molecule has 2 heterocycles. The van der Waals surface area contributed by atoms with Gasteiger partial charge in [-0.15, -0.1) is 0 Å². The smallest absolute Gasteiger partial charge is 0.228 e. The molecule has 2 aliphatic rings. The minimum absolute atomic E-state index is 0.0210. The Morgan fingerprint density at radius 1 is 0.816 bits per heavy atom. The average Bonchev–Trinajstić information content (AvgIpc) is 2.98. The number of hydrogen-bond donors (Lipinski definition) is 0. The summed E-state index contributed by atoms with van der Waals surface area (Å²) in [5.74, 6) is 1.28. The Morgan fingerprint density at radius 2 is 1.42 bits per heavy atom. The third-order valence-corrected chi connectivity index (χ3v) is 7.66. The number of hydrogen-bond acceptors (Lipinski definition) is 5. The lowest BCUT2D eigenvalue weighted by Gasteiger charge is -2.44. The fourth-order valence-electron chi connectivity index (χ4n) is 5.58. The molecule has 0 radical (unpaired) electrons. The summed E-state index contributed by atoms with van der Waals surface area (Å²) in [7, 11) is 3.25. The Bertz CT molecular complexity index is 1220. The average molecular weight is 514 g/mol. The van der Waals surface area contributed by atoms with Gasteiger partial charge in [0.2, 0.25) is 11.8 Å². The van der Waals surface area contributed by atoms with Crippen molar-refractivity contribution in [2.75, 3.05) is 45.3 Å². The number of rotatable bonds is 7. The third kappa shape index (κ3) is 5.53. The van der Waals surface area contributed by atoms with Gasteiger partial charge in [-0.2, -0.15) is 0 Å². The maximum Gasteiger partial charge on any atom is 0.228 e. The highest BCUT2D eigenvalue weighted by atomic mass is 16.5. The van der Waals surface area contributed by atoms with Crippen molar-refractivity contribution in [3.8, 4) is 11.5 Å². The zero-order valence-corrected chi connectivity index (χ0v) is 22.1. The van der Waals surface area contributed by atoms with Gasteiger partial charge in [0.05, 0.1) is 26.2 Å². The van der Waals surface area contributed by atoms with Gasteiger partial charge in [0, 0.05) is 44.8 Å². The van der Waals surface area contributed by atoms with E-state index in [1.165, 1.54) is 5.56 Å². The van der Waals surface area contributed by atoms with Crippen LogP contribution in [0.1, 0.15) is 30.0 Å². The molecular formula is C31H35N3O4. The summed E-state index contributed by atoms with van der Waals surface area (Å²) in [4.78, 5) is 33.6. The quantitative estimate of drug-likeness (QED) is 0.465. The van der Waals surface area contributed by atoms with Crippen molar-refractivity contribution < 1.29 is 19.1 Å². The lowest BCUT2D eigenvalue weighted by molar-refractivity contribution is -0.140. The first-order valence-electron chi connectivity index (χ1n) is 13.2. The SMILES string of the molecule is COc1ccc(C2C(C(=O)N3CCN(Cc4ccccc4)CC3)CCC(=O)N2c2ccc(OC)cc2)cc1. The molecule has 2 fully saturated rings. The molecule has 38 heavy (non-hydrogen) atoms. The van der Waals surface area contributed by atoms with E-state index < -0.39 is 6.04 Å². The van der Waals surface area contributed by atoms with E-state index in [0.717, 1.165) is 42.4 Å². The number of amides is 2. The summed E-state index contributed by atoms with van der Waals surface area (Å²) in [6.07, 6.45) is 0.869. The number of anilines is 1. The Labute approximate surface area is 224 Å². The van der Waals surface area contributed by atoms with E-state index in [1.807, 2.05) is 59.5 Å². The zero-order valence-electron chi connectivity index (χ0n) is 22.1. The van der Waals surface area contributed by atoms with Crippen LogP contribution in [0.25, 0.3) is 0 Å². The van der Waals surface area contributed by atoms with Gasteiger partial charge in [0.25, 0.3) is 0 Å². The molecule has 198 valence electrons. The molecule has 2 unspecified atom stereocenters. The van der Waals surface area contributed by atoms with Crippen molar-refractivity contribution in [2.45, 2.75) is 25.4 Å². The van der Waals surface area contributed by atoms with Gasteiger partial charge in [-0.25, -0.2) is 0 Å². The van der Waals surface area contributed by atoms with Gasteiger partial charge >= 0.3 is 0 Å². The number of piperazine rings is 1. The molecule has 2 aliphatic heterocycles. The van der Waals surface area contributed by atoms with E-state index in [4.69, 9.17) is 9.47 Å². The number of piperidine rings is 1. The largest absolute Gasteiger partial charge is 0.497 e. The summed E-state index contributed by atoms with van der Waals surface area (Å²) in [6, 6.07) is 25.3. The van der Waals surface area contributed by atoms with Crippen LogP contribution in [0.3, 0.4) is 0 Å². The number of ether oxygens (including phenoxy) is 2. The van der Waals surface area contributed by atoms with E-state index >= 15 is 0 Å². The second kappa shape index (κ2) is 11.7. The maximum atomic E-state index is 14.0. The predicted octanol–water partition coefficient (Wildman–Crippen LogP) is 4.53. The van der Waals surface area contributed by atoms with Crippen LogP contribution >= 0.6 is 0 Å². The monoisotopic (exact) mass is 513 g/mol. The number of benzene rings is 3. The summed E-state index contributed by atoms with van der Waals surface area (Å²) in [6.45, 7) is 3.94. The minimum Gasteiger partial charge on any atom is -0.497 e. The molecule has 7 nitrogen and oxygen atoms in total. The van der Waals surface area contributed by atoms with E-state index in [9.17, 15) is 9.59 Å². The second-order valence-electron chi connectivity index (χ2n) is 9.91. The minimum atomic E-state index is -0.398. The van der Waals surface area contributed by atoms with Crippen molar-refractivity contribution in [2.24, 2.45) is 5.92 Å². The first kappa shape index (κ1) is 25.8. The van der Waals surface area contributed by atoms with Gasteiger partial charge in [0.15, 0.2) is 0 Å². The van der Waals surface area contributed by atoms with Crippen molar-refractivity contribution in [1.29, 1.82) is 0 Å². The first-order valence-corrected chi connectivity index (χ1v) is 13.2. The summed E-state index contributed by atoms with van der Waals surface area (Å²) in [5, 5.41) is 0. The highest BCUT2D eigenvalue weighted by Crippen LogP contribution is 2.41. The van der Waals surface area contributed by atoms with Crippen molar-refractivity contribution in [3.05, 3.63) is 90.0 Å². The maximum absolute atomic E-state index is 14.0. The van der Waals surface area contributed by atoms with Crippen LogP contribution in [0.2, 0.25) is 0 Å². The lowest BCUT2D eigenvalue weighted by atomic mass is 9.82. The molecular weight excluding hydrogens is 478 g/mol. The molecule has 5 rings (SSSR count). The van der Waals surface area contributed by atoms with Crippen LogP contribution in [0, 0.1) is 5.92 Å². The standard InChI is InChI=1S/C31H35N3O4/c1-37-26-12-8-24(9-13-26)30-28(16-17-29(35)34(30)25-10-14-27(38-2)15-11-25)31(36)33-20-18-32(19-21-33)22-23-6-4-3-5-7-23/h3-15,28,30H,16-22H2,1-2H3. The van der Waals surface area contributed by atoms with Crippen LogP contribution in [0.5, 0.6) is 11.5 Å². The van der Waals surface area contributed by atoms with Crippen molar-refractivity contribution in [3.63, 3.8) is 0 Å². The van der Waals surface area contributed by atoms with Gasteiger partial charge < -0.3 is 19.3 Å². The third-order valence-electron chi connectivity index (χ3n) is 7.66. The van der Waals surface area contributed by atoms with Gasteiger partial charge in [-0.1, -0.05) is 42.5 Å². The van der Waals surface area contributed by atoms with Crippen molar-refractivity contribution in [1.82, 2.24) is 9.80 Å². The number of carbonyl (C=O) groups excluding carboxylic acids is 2. The molecule has 2 saturated heterocycles. The molecule has 0 N–H and O–H groups in total. The normalized spacial score (nSPS) is 20.3. The van der Waals surface area contributed by atoms with E-state index in [0.29, 0.717) is 25.9 Å². The summed E-state index contributed by atoms with van der Waals surface area (Å²) in [5.41, 5.74) is 2.98. The molecule has 2 atom stereocenters. The Hall–Kier alpha value is -3.84. The molecule has 0 spiro atoms. The number of methoxy groups -OCH3 is 2. The fraction of sp³-hybridized carbons (Fsp3) is 0.355. The first-order chi connectivity index (χ1) is 18.6. The molecule has 0 saturated carbocycles. The molecule has 0 bridgehead atoms. The number of carbonyl (C=O) groups is 2. The van der Waals surface area contributed by atoms with E-state index in [2.05, 4.69) is 29.2 Å². The van der Waals surface area contributed by atoms with Crippen LogP contribution in [-0.2, 0) is 16.1 Å².